The summed E-state index contributed by atoms with van der Waals surface area (Å²) >= 11 is 0. The molecule has 2 aromatic carbocycles. The predicted octanol–water partition coefficient (Wildman–Crippen LogP) is 2.57. The van der Waals surface area contributed by atoms with E-state index in [9.17, 15) is 12.8 Å². The van der Waals surface area contributed by atoms with Crippen molar-refractivity contribution in [2.45, 2.75) is 17.8 Å². The molecule has 1 aliphatic heterocycles. The van der Waals surface area contributed by atoms with E-state index in [2.05, 4.69) is 0 Å². The van der Waals surface area contributed by atoms with Crippen LogP contribution in [0.25, 0.3) is 0 Å². The van der Waals surface area contributed by atoms with Crippen molar-refractivity contribution in [2.75, 3.05) is 20.7 Å². The minimum Gasteiger partial charge on any atom is -0.297 e. The van der Waals surface area contributed by atoms with Gasteiger partial charge in [-0.25, -0.2) is 17.1 Å². The fraction of sp³-hybridized carbons (Fsp3) is 0.333. The highest BCUT2D eigenvalue weighted by molar-refractivity contribution is 7.89. The Bertz CT molecular complexity index is 829. The zero-order chi connectivity index (χ0) is 18.0. The Morgan fingerprint density at radius 1 is 1.16 bits per heavy atom. The first-order chi connectivity index (χ1) is 11.9. The minimum atomic E-state index is -3.68. The number of sulfonamides is 1. The summed E-state index contributed by atoms with van der Waals surface area (Å²) in [5, 5.41) is 0.555. The highest BCUT2D eigenvalue weighted by Gasteiger charge is 2.45. The molecular weight excluding hydrogens is 343 g/mol. The lowest BCUT2D eigenvalue weighted by molar-refractivity contribution is -0.111. The quantitative estimate of drug-likeness (QED) is 0.818. The Labute approximate surface area is 147 Å². The third-order valence-electron chi connectivity index (χ3n) is 4.48. The van der Waals surface area contributed by atoms with E-state index in [0.29, 0.717) is 5.56 Å². The van der Waals surface area contributed by atoms with Gasteiger partial charge in [-0.3, -0.25) is 4.84 Å². The summed E-state index contributed by atoms with van der Waals surface area (Å²) in [7, 11) is -0.514. The van der Waals surface area contributed by atoms with Gasteiger partial charge in [0.25, 0.3) is 0 Å². The summed E-state index contributed by atoms with van der Waals surface area (Å²) in [6.07, 6.45) is 0. The zero-order valence-electron chi connectivity index (χ0n) is 14.2. The minimum absolute atomic E-state index is 0.00301. The van der Waals surface area contributed by atoms with Crippen LogP contribution in [0.15, 0.2) is 54.6 Å². The van der Waals surface area contributed by atoms with Crippen molar-refractivity contribution < 1.29 is 17.6 Å². The van der Waals surface area contributed by atoms with Crippen LogP contribution in [0.1, 0.15) is 17.2 Å². The van der Waals surface area contributed by atoms with E-state index in [-0.39, 0.29) is 13.2 Å². The molecule has 0 amide bonds. The Balaban J connectivity index is 1.89. The zero-order valence-corrected chi connectivity index (χ0v) is 15.0. The highest BCUT2D eigenvalue weighted by Crippen LogP contribution is 2.36. The van der Waals surface area contributed by atoms with E-state index >= 15 is 0 Å². The first-order valence-electron chi connectivity index (χ1n) is 8.00. The van der Waals surface area contributed by atoms with Crippen molar-refractivity contribution in [3.8, 4) is 0 Å². The maximum Gasteiger partial charge on any atom is 0.221 e. The van der Waals surface area contributed by atoms with Crippen LogP contribution in [0, 0.1) is 5.82 Å². The molecule has 3 rings (SSSR count). The van der Waals surface area contributed by atoms with Gasteiger partial charge in [0.1, 0.15) is 11.1 Å². The van der Waals surface area contributed by atoms with Gasteiger partial charge in [0.15, 0.2) is 0 Å². The summed E-state index contributed by atoms with van der Waals surface area (Å²) in [5.74, 6) is -0.434. The van der Waals surface area contributed by atoms with Crippen molar-refractivity contribution in [1.29, 1.82) is 0 Å². The maximum atomic E-state index is 14.2. The predicted molar refractivity (Wildman–Crippen MR) is 93.5 cm³/mol. The summed E-state index contributed by atoms with van der Waals surface area (Å²) in [4.78, 5) is 5.44. The van der Waals surface area contributed by atoms with E-state index in [1.165, 1.54) is 15.4 Å². The molecule has 2 aromatic rings. The van der Waals surface area contributed by atoms with Crippen LogP contribution in [0.2, 0.25) is 0 Å². The van der Waals surface area contributed by atoms with Gasteiger partial charge < -0.3 is 0 Å². The SMILES string of the molecule is CN1OC[C@@H](S(=O)(=O)N(C)Cc2ccccc2)[C@@H]1c1ccccc1F. The first-order valence-corrected chi connectivity index (χ1v) is 9.51. The van der Waals surface area contributed by atoms with E-state index in [1.54, 1.807) is 32.3 Å². The summed E-state index contributed by atoms with van der Waals surface area (Å²) in [6.45, 7) is 0.254. The van der Waals surface area contributed by atoms with Gasteiger partial charge in [-0.2, -0.15) is 5.06 Å². The third-order valence-corrected chi connectivity index (χ3v) is 6.63. The number of benzene rings is 2. The van der Waals surface area contributed by atoms with E-state index in [4.69, 9.17) is 4.84 Å². The fourth-order valence-electron chi connectivity index (χ4n) is 3.12. The Kier molecular flexibility index (Phi) is 5.19. The van der Waals surface area contributed by atoms with Crippen LogP contribution in [0.5, 0.6) is 0 Å². The molecule has 5 nitrogen and oxygen atoms in total. The molecule has 134 valence electrons. The third kappa shape index (κ3) is 3.59. The molecule has 0 N–H and O–H groups in total. The van der Waals surface area contributed by atoms with Crippen LogP contribution in [0.3, 0.4) is 0 Å². The molecule has 0 spiro atoms. The fourth-order valence-corrected chi connectivity index (χ4v) is 4.79. The molecule has 1 saturated heterocycles. The highest BCUT2D eigenvalue weighted by atomic mass is 32.2. The molecular formula is C18H21FN2O3S. The first kappa shape index (κ1) is 18.0. The number of hydrogen-bond acceptors (Lipinski definition) is 4. The number of hydrogen-bond donors (Lipinski definition) is 0. The van der Waals surface area contributed by atoms with E-state index in [1.807, 2.05) is 30.3 Å². The van der Waals surface area contributed by atoms with Crippen LogP contribution in [-0.2, 0) is 21.4 Å². The van der Waals surface area contributed by atoms with Crippen molar-refractivity contribution >= 4 is 10.0 Å². The van der Waals surface area contributed by atoms with Gasteiger partial charge in [0, 0.05) is 26.2 Å². The molecule has 0 saturated carbocycles. The molecule has 7 heteroatoms. The van der Waals surface area contributed by atoms with Gasteiger partial charge in [-0.1, -0.05) is 48.5 Å². The van der Waals surface area contributed by atoms with Crippen LogP contribution in [-0.4, -0.2) is 43.7 Å². The maximum absolute atomic E-state index is 14.2. The molecule has 1 heterocycles. The van der Waals surface area contributed by atoms with Gasteiger partial charge in [-0.05, 0) is 11.6 Å². The summed E-state index contributed by atoms with van der Waals surface area (Å²) in [6, 6.07) is 14.9. The van der Waals surface area contributed by atoms with Gasteiger partial charge in [0.05, 0.1) is 12.6 Å². The molecule has 0 radical (unpaired) electrons. The Hall–Kier alpha value is -1.80. The van der Waals surface area contributed by atoms with Crippen LogP contribution in [0.4, 0.5) is 4.39 Å². The van der Waals surface area contributed by atoms with Crippen LogP contribution < -0.4 is 0 Å². The van der Waals surface area contributed by atoms with Gasteiger partial charge in [-0.15, -0.1) is 0 Å². The second-order valence-electron chi connectivity index (χ2n) is 6.13. The standard InChI is InChI=1S/C18H21FN2O3S/c1-20(12-14-8-4-3-5-9-14)25(22,23)17-13-24-21(2)18(17)15-10-6-7-11-16(15)19/h3-11,17-18H,12-13H2,1-2H3/t17-,18+/m1/s1. The Morgan fingerprint density at radius 3 is 2.48 bits per heavy atom. The molecule has 25 heavy (non-hydrogen) atoms. The summed E-state index contributed by atoms with van der Waals surface area (Å²) in [5.41, 5.74) is 1.22. The smallest absolute Gasteiger partial charge is 0.221 e. The van der Waals surface area contributed by atoms with Gasteiger partial charge in [0.2, 0.25) is 10.0 Å². The van der Waals surface area contributed by atoms with Gasteiger partial charge >= 0.3 is 0 Å². The number of rotatable bonds is 5. The lowest BCUT2D eigenvalue weighted by Crippen LogP contribution is -2.40. The topological polar surface area (TPSA) is 49.9 Å². The molecule has 2 atom stereocenters. The lowest BCUT2D eigenvalue weighted by Gasteiger charge is -2.27. The number of nitrogens with zero attached hydrogens (tertiary/aromatic N) is 2. The average molecular weight is 364 g/mol. The average Bonchev–Trinajstić information content (AvgIpc) is 2.98. The number of halogens is 1. The van der Waals surface area contributed by atoms with Crippen molar-refractivity contribution in [2.24, 2.45) is 0 Å². The Morgan fingerprint density at radius 2 is 1.80 bits per heavy atom. The molecule has 0 aliphatic carbocycles. The van der Waals surface area contributed by atoms with Crippen molar-refractivity contribution in [3.63, 3.8) is 0 Å². The van der Waals surface area contributed by atoms with E-state index < -0.39 is 27.1 Å². The molecule has 0 unspecified atom stereocenters. The number of hydroxylamine groups is 2. The second kappa shape index (κ2) is 7.21. The monoisotopic (exact) mass is 364 g/mol. The van der Waals surface area contributed by atoms with Crippen molar-refractivity contribution in [1.82, 2.24) is 9.37 Å². The molecule has 0 aromatic heterocycles. The normalized spacial score (nSPS) is 21.8. The molecule has 1 fully saturated rings. The lowest BCUT2D eigenvalue weighted by atomic mass is 10.0. The summed E-state index contributed by atoms with van der Waals surface area (Å²) < 4.78 is 41.7. The van der Waals surface area contributed by atoms with Crippen molar-refractivity contribution in [3.05, 3.63) is 71.5 Å². The molecule has 1 aliphatic rings. The van der Waals surface area contributed by atoms with Crippen LogP contribution >= 0.6 is 0 Å². The largest absolute Gasteiger partial charge is 0.297 e. The van der Waals surface area contributed by atoms with E-state index in [0.717, 1.165) is 5.56 Å². The molecule has 0 bridgehead atoms. The second-order valence-corrected chi connectivity index (χ2v) is 8.39.